The van der Waals surface area contributed by atoms with Gasteiger partial charge in [-0.2, -0.15) is 0 Å². The number of sulfone groups is 1. The number of esters is 1. The molecule has 0 unspecified atom stereocenters. The number of fused-ring (bicyclic) bond motifs is 3. The van der Waals surface area contributed by atoms with Gasteiger partial charge in [-0.15, -0.1) is 0 Å². The van der Waals surface area contributed by atoms with E-state index in [1.54, 1.807) is 36.5 Å². The Morgan fingerprint density at radius 3 is 2.50 bits per heavy atom. The number of carbonyl (C=O) groups excluding carboxylic acids is 1. The van der Waals surface area contributed by atoms with Crippen molar-refractivity contribution < 1.29 is 17.9 Å². The summed E-state index contributed by atoms with van der Waals surface area (Å²) in [5.74, 6) is 0.486. The first-order chi connectivity index (χ1) is 15.4. The third-order valence-corrected chi connectivity index (χ3v) is 8.07. The molecule has 0 spiro atoms. The van der Waals surface area contributed by atoms with Crippen molar-refractivity contribution in [3.63, 3.8) is 0 Å². The first-order valence-corrected chi connectivity index (χ1v) is 12.1. The number of nitrogens with one attached hydrogen (secondary N) is 1. The Kier molecular flexibility index (Phi) is 5.00. The van der Waals surface area contributed by atoms with Gasteiger partial charge in [0.2, 0.25) is 9.84 Å². The lowest BCUT2D eigenvalue weighted by atomic mass is 9.86. The van der Waals surface area contributed by atoms with E-state index in [0.29, 0.717) is 11.2 Å². The van der Waals surface area contributed by atoms with Crippen molar-refractivity contribution >= 4 is 37.9 Å². The van der Waals surface area contributed by atoms with Gasteiger partial charge in [0.05, 0.1) is 23.4 Å². The predicted octanol–water partition coefficient (Wildman–Crippen LogP) is 3.96. The topological polar surface area (TPSA) is 107 Å². The van der Waals surface area contributed by atoms with E-state index in [-0.39, 0.29) is 27.9 Å². The summed E-state index contributed by atoms with van der Waals surface area (Å²) in [4.78, 5) is 24.4. The quantitative estimate of drug-likeness (QED) is 0.470. The smallest absolute Gasteiger partial charge is 0.308 e. The molecule has 0 amide bonds. The minimum absolute atomic E-state index is 0.0428. The molecule has 8 nitrogen and oxygen atoms in total. The molecule has 0 bridgehead atoms. The highest BCUT2D eigenvalue weighted by molar-refractivity contribution is 7.91. The lowest BCUT2D eigenvalue weighted by molar-refractivity contribution is -0.146. The monoisotopic (exact) mass is 452 g/mol. The molecule has 9 heteroatoms. The molecule has 1 aromatic carbocycles. The average Bonchev–Trinajstić information content (AvgIpc) is 3.42. The number of methoxy groups -OCH3 is 1. The van der Waals surface area contributed by atoms with Gasteiger partial charge < -0.3 is 14.3 Å². The Balaban J connectivity index is 1.68. The highest BCUT2D eigenvalue weighted by Crippen LogP contribution is 2.39. The fourth-order valence-electron chi connectivity index (χ4n) is 4.83. The number of pyridine rings is 1. The number of nitrogens with zero attached hydrogens (tertiary/aromatic N) is 3. The number of hydrogen-bond donors (Lipinski definition) is 1. The Labute approximate surface area is 185 Å². The van der Waals surface area contributed by atoms with Gasteiger partial charge in [-0.3, -0.25) is 4.79 Å². The second kappa shape index (κ2) is 7.74. The predicted molar refractivity (Wildman–Crippen MR) is 119 cm³/mol. The summed E-state index contributed by atoms with van der Waals surface area (Å²) < 4.78 is 34.0. The van der Waals surface area contributed by atoms with Gasteiger partial charge in [-0.25, -0.2) is 18.4 Å². The van der Waals surface area contributed by atoms with Crippen LogP contribution in [-0.2, 0) is 19.4 Å². The number of aryl methyl sites for hydroxylation is 1. The number of H-pyrrole nitrogens is 1. The molecule has 1 N–H and O–H groups in total. The van der Waals surface area contributed by atoms with Crippen LogP contribution in [0.5, 0.6) is 0 Å². The largest absolute Gasteiger partial charge is 0.469 e. The Hall–Kier alpha value is -3.20. The van der Waals surface area contributed by atoms with Gasteiger partial charge in [-0.05, 0) is 50.8 Å². The van der Waals surface area contributed by atoms with Crippen LogP contribution in [0.3, 0.4) is 0 Å². The van der Waals surface area contributed by atoms with E-state index in [2.05, 4.69) is 14.5 Å². The van der Waals surface area contributed by atoms with Crippen LogP contribution in [-0.4, -0.2) is 41.0 Å². The van der Waals surface area contributed by atoms with Crippen LogP contribution in [0.25, 0.3) is 22.1 Å². The molecule has 166 valence electrons. The summed E-state index contributed by atoms with van der Waals surface area (Å²) in [7, 11) is -2.44. The molecule has 1 saturated carbocycles. The fourth-order valence-corrected chi connectivity index (χ4v) is 6.18. The van der Waals surface area contributed by atoms with Gasteiger partial charge in [0, 0.05) is 17.6 Å². The summed E-state index contributed by atoms with van der Waals surface area (Å²) in [6.45, 7) is 1.89. The number of rotatable bonds is 4. The number of ether oxygens (including phenoxy) is 1. The molecule has 0 atom stereocenters. The van der Waals surface area contributed by atoms with Crippen molar-refractivity contribution in [2.75, 3.05) is 7.11 Å². The van der Waals surface area contributed by atoms with Crippen LogP contribution in [0.4, 0.5) is 0 Å². The molecule has 32 heavy (non-hydrogen) atoms. The standard InChI is InChI=1S/C23H24N4O4S/c1-14-25-19-20(27(14)16-10-8-15(9-11-16)23(28)31-2)18-12-13-24-21(18)26-22(19)32(29,30)17-6-4-3-5-7-17/h3-7,12-13,15-16H,8-11H2,1-2H3,(H,24,26). The van der Waals surface area contributed by atoms with Gasteiger partial charge in [0.1, 0.15) is 17.0 Å². The minimum Gasteiger partial charge on any atom is -0.469 e. The molecule has 1 fully saturated rings. The van der Waals surface area contributed by atoms with Gasteiger partial charge in [-0.1, -0.05) is 18.2 Å². The number of benzene rings is 1. The van der Waals surface area contributed by atoms with Gasteiger partial charge >= 0.3 is 5.97 Å². The second-order valence-electron chi connectivity index (χ2n) is 8.23. The molecule has 1 aliphatic rings. The van der Waals surface area contributed by atoms with Crippen molar-refractivity contribution in [2.24, 2.45) is 5.92 Å². The Bertz CT molecular complexity index is 1410. The number of aromatic nitrogens is 4. The van der Waals surface area contributed by atoms with E-state index in [4.69, 9.17) is 9.72 Å². The zero-order valence-corrected chi connectivity index (χ0v) is 18.7. The maximum atomic E-state index is 13.5. The maximum absolute atomic E-state index is 13.5. The molecular formula is C23H24N4O4S. The first kappa shape index (κ1) is 20.7. The van der Waals surface area contributed by atoms with Crippen molar-refractivity contribution in [2.45, 2.75) is 48.6 Å². The van der Waals surface area contributed by atoms with Crippen molar-refractivity contribution in [3.05, 3.63) is 48.4 Å². The first-order valence-electron chi connectivity index (χ1n) is 10.7. The summed E-state index contributed by atoms with van der Waals surface area (Å²) in [6.07, 6.45) is 4.80. The van der Waals surface area contributed by atoms with E-state index in [9.17, 15) is 13.2 Å². The zero-order valence-electron chi connectivity index (χ0n) is 17.9. The third kappa shape index (κ3) is 3.19. The molecule has 0 radical (unpaired) electrons. The summed E-state index contributed by atoms with van der Waals surface area (Å²) in [5.41, 5.74) is 1.66. The van der Waals surface area contributed by atoms with Gasteiger partial charge in [0.25, 0.3) is 0 Å². The molecule has 1 aliphatic carbocycles. The number of carbonyl (C=O) groups is 1. The number of imidazole rings is 1. The van der Waals surface area contributed by atoms with Crippen LogP contribution in [0, 0.1) is 12.8 Å². The molecular weight excluding hydrogens is 428 g/mol. The Morgan fingerprint density at radius 1 is 1.09 bits per heavy atom. The van der Waals surface area contributed by atoms with Crippen molar-refractivity contribution in [1.82, 2.24) is 19.5 Å². The number of hydrogen-bond acceptors (Lipinski definition) is 6. The normalized spacial score (nSPS) is 19.4. The van der Waals surface area contributed by atoms with Crippen LogP contribution in [0.15, 0.2) is 52.5 Å². The lowest BCUT2D eigenvalue weighted by Crippen LogP contribution is -2.25. The molecule has 5 rings (SSSR count). The second-order valence-corrected chi connectivity index (χ2v) is 10.1. The molecule has 0 aliphatic heterocycles. The zero-order chi connectivity index (χ0) is 22.5. The molecule has 4 aromatic rings. The van der Waals surface area contributed by atoms with Crippen LogP contribution in [0.1, 0.15) is 37.5 Å². The van der Waals surface area contributed by atoms with E-state index in [0.717, 1.165) is 42.4 Å². The average molecular weight is 453 g/mol. The summed E-state index contributed by atoms with van der Waals surface area (Å²) in [6, 6.07) is 10.3. The van der Waals surface area contributed by atoms with E-state index in [1.807, 2.05) is 13.0 Å². The third-order valence-electron chi connectivity index (χ3n) is 6.39. The van der Waals surface area contributed by atoms with Crippen molar-refractivity contribution in [3.8, 4) is 0 Å². The SMILES string of the molecule is COC(=O)C1CCC(n2c(C)nc3c(S(=O)(=O)c4ccccc4)nc4[nH]ccc4c32)CC1. The van der Waals surface area contributed by atoms with E-state index in [1.165, 1.54) is 7.11 Å². The Morgan fingerprint density at radius 2 is 1.81 bits per heavy atom. The highest BCUT2D eigenvalue weighted by Gasteiger charge is 2.32. The minimum atomic E-state index is -3.86. The number of aromatic amines is 1. The van der Waals surface area contributed by atoms with Crippen LogP contribution >= 0.6 is 0 Å². The van der Waals surface area contributed by atoms with E-state index < -0.39 is 9.84 Å². The van der Waals surface area contributed by atoms with Crippen molar-refractivity contribution in [1.29, 1.82) is 0 Å². The maximum Gasteiger partial charge on any atom is 0.308 e. The summed E-state index contributed by atoms with van der Waals surface area (Å²) >= 11 is 0. The van der Waals surface area contributed by atoms with Gasteiger partial charge in [0.15, 0.2) is 5.03 Å². The van der Waals surface area contributed by atoms with E-state index >= 15 is 0 Å². The van der Waals surface area contributed by atoms with Crippen LogP contribution < -0.4 is 0 Å². The molecule has 3 heterocycles. The highest BCUT2D eigenvalue weighted by atomic mass is 32.2. The molecule has 0 saturated heterocycles. The molecule has 3 aromatic heterocycles. The van der Waals surface area contributed by atoms with Crippen LogP contribution in [0.2, 0.25) is 0 Å². The summed E-state index contributed by atoms with van der Waals surface area (Å²) in [5, 5.41) is 0.793. The lowest BCUT2D eigenvalue weighted by Gasteiger charge is -2.29. The fraction of sp³-hybridized carbons (Fsp3) is 0.348.